The number of hydrogen-bond donors (Lipinski definition) is 0. The van der Waals surface area contributed by atoms with Crippen LogP contribution in [0.1, 0.15) is 25.3 Å². The van der Waals surface area contributed by atoms with E-state index in [2.05, 4.69) is 0 Å². The Morgan fingerprint density at radius 2 is 1.67 bits per heavy atom. The summed E-state index contributed by atoms with van der Waals surface area (Å²) in [4.78, 5) is 27.7. The van der Waals surface area contributed by atoms with Crippen LogP contribution in [0.25, 0.3) is 0 Å². The van der Waals surface area contributed by atoms with Crippen LogP contribution in [0.3, 0.4) is 0 Å². The molecule has 130 valence electrons. The maximum Gasteiger partial charge on any atom is 0.227 e. The summed E-state index contributed by atoms with van der Waals surface area (Å²) in [5, 5.41) is 0. The molecule has 0 atom stereocenters. The predicted molar refractivity (Wildman–Crippen MR) is 89.2 cm³/mol. The maximum absolute atomic E-state index is 12.6. The molecule has 0 unspecified atom stereocenters. The molecule has 0 saturated carbocycles. The fourth-order valence-electron chi connectivity index (χ4n) is 3.09. The van der Waals surface area contributed by atoms with E-state index in [0.29, 0.717) is 39.3 Å². The van der Waals surface area contributed by atoms with Crippen LogP contribution in [0, 0.1) is 0 Å². The molecule has 1 fully saturated rings. The highest BCUT2D eigenvalue weighted by atomic mass is 16.5. The first-order valence-electron chi connectivity index (χ1n) is 8.55. The van der Waals surface area contributed by atoms with Gasteiger partial charge >= 0.3 is 0 Å². The van der Waals surface area contributed by atoms with Crippen LogP contribution in [-0.4, -0.2) is 61.0 Å². The minimum absolute atomic E-state index is 0.0761. The minimum Gasteiger partial charge on any atom is -0.490 e. The molecule has 1 aromatic carbocycles. The van der Waals surface area contributed by atoms with Crippen molar-refractivity contribution in [3.8, 4) is 11.5 Å². The van der Waals surface area contributed by atoms with E-state index >= 15 is 0 Å². The third-order valence-corrected chi connectivity index (χ3v) is 4.46. The normalized spacial score (nSPS) is 17.9. The Bertz CT molecular complexity index is 617. The Hall–Kier alpha value is -2.24. The first-order chi connectivity index (χ1) is 11.6. The van der Waals surface area contributed by atoms with Gasteiger partial charge in [-0.15, -0.1) is 0 Å². The lowest BCUT2D eigenvalue weighted by molar-refractivity contribution is -0.132. The largest absolute Gasteiger partial charge is 0.490 e. The number of fused-ring (bicyclic) bond motifs is 1. The lowest BCUT2D eigenvalue weighted by Crippen LogP contribution is -2.37. The van der Waals surface area contributed by atoms with Gasteiger partial charge in [-0.3, -0.25) is 9.59 Å². The molecule has 0 bridgehead atoms. The second kappa shape index (κ2) is 7.55. The molecule has 0 N–H and O–H groups in total. The van der Waals surface area contributed by atoms with Gasteiger partial charge in [0.15, 0.2) is 11.5 Å². The molecule has 3 rings (SSSR count). The summed E-state index contributed by atoms with van der Waals surface area (Å²) in [6.45, 7) is 5.51. The second-order valence-electron chi connectivity index (χ2n) is 6.25. The summed E-state index contributed by atoms with van der Waals surface area (Å²) in [6.07, 6.45) is 2.03. The summed E-state index contributed by atoms with van der Waals surface area (Å²) in [7, 11) is 0. The summed E-state index contributed by atoms with van der Waals surface area (Å²) in [6, 6.07) is 5.70. The Labute approximate surface area is 142 Å². The van der Waals surface area contributed by atoms with Crippen molar-refractivity contribution in [2.45, 2.75) is 26.2 Å². The van der Waals surface area contributed by atoms with Crippen molar-refractivity contribution in [3.63, 3.8) is 0 Å². The number of rotatable bonds is 2. The molecule has 2 amide bonds. The summed E-state index contributed by atoms with van der Waals surface area (Å²) >= 11 is 0. The first-order valence-corrected chi connectivity index (χ1v) is 8.55. The zero-order valence-corrected chi connectivity index (χ0v) is 14.1. The van der Waals surface area contributed by atoms with E-state index < -0.39 is 0 Å². The van der Waals surface area contributed by atoms with Gasteiger partial charge in [-0.25, -0.2) is 0 Å². The SMILES string of the molecule is CC(=O)N1CCCN(C(=O)Cc2ccc3c(c2)OCCCO3)CC1. The van der Waals surface area contributed by atoms with Gasteiger partial charge in [-0.1, -0.05) is 6.07 Å². The number of nitrogens with zero attached hydrogens (tertiary/aromatic N) is 2. The molecule has 0 radical (unpaired) electrons. The Balaban J connectivity index is 1.62. The fourth-order valence-corrected chi connectivity index (χ4v) is 3.09. The Morgan fingerprint density at radius 3 is 2.46 bits per heavy atom. The average molecular weight is 332 g/mol. The van der Waals surface area contributed by atoms with Crippen molar-refractivity contribution in [1.29, 1.82) is 0 Å². The number of hydrogen-bond acceptors (Lipinski definition) is 4. The molecular weight excluding hydrogens is 308 g/mol. The van der Waals surface area contributed by atoms with Crippen LogP contribution in [0.2, 0.25) is 0 Å². The second-order valence-corrected chi connectivity index (χ2v) is 6.25. The minimum atomic E-state index is 0.0761. The Kier molecular flexibility index (Phi) is 5.23. The standard InChI is InChI=1S/C18H24N2O4/c1-14(21)19-6-2-7-20(9-8-19)18(22)13-15-4-5-16-17(12-15)24-11-3-10-23-16/h4-5,12H,2-3,6-11,13H2,1H3. The van der Waals surface area contributed by atoms with Crippen LogP contribution in [0.5, 0.6) is 11.5 Å². The van der Waals surface area contributed by atoms with Gasteiger partial charge in [-0.05, 0) is 24.1 Å². The fraction of sp³-hybridized carbons (Fsp3) is 0.556. The molecule has 0 aliphatic carbocycles. The van der Waals surface area contributed by atoms with Gasteiger partial charge in [0.25, 0.3) is 0 Å². The monoisotopic (exact) mass is 332 g/mol. The lowest BCUT2D eigenvalue weighted by Gasteiger charge is -2.21. The van der Waals surface area contributed by atoms with E-state index in [4.69, 9.17) is 9.47 Å². The quantitative estimate of drug-likeness (QED) is 0.823. The zero-order chi connectivity index (χ0) is 16.9. The number of benzene rings is 1. The van der Waals surface area contributed by atoms with Crippen molar-refractivity contribution in [1.82, 2.24) is 9.80 Å². The predicted octanol–water partition coefficient (Wildman–Crippen LogP) is 1.47. The average Bonchev–Trinajstić information content (AvgIpc) is 2.95. The molecule has 2 aliphatic rings. The highest BCUT2D eigenvalue weighted by Crippen LogP contribution is 2.30. The lowest BCUT2D eigenvalue weighted by atomic mass is 10.1. The van der Waals surface area contributed by atoms with Gasteiger partial charge in [0.05, 0.1) is 19.6 Å². The molecule has 2 aliphatic heterocycles. The van der Waals surface area contributed by atoms with E-state index in [9.17, 15) is 9.59 Å². The smallest absolute Gasteiger partial charge is 0.227 e. The molecule has 24 heavy (non-hydrogen) atoms. The molecular formula is C18H24N2O4. The summed E-state index contributed by atoms with van der Waals surface area (Å²) in [5.74, 6) is 1.63. The van der Waals surface area contributed by atoms with Crippen LogP contribution < -0.4 is 9.47 Å². The summed E-state index contributed by atoms with van der Waals surface area (Å²) in [5.41, 5.74) is 0.928. The Morgan fingerprint density at radius 1 is 0.958 bits per heavy atom. The number of amides is 2. The number of carbonyl (C=O) groups is 2. The molecule has 6 heteroatoms. The molecule has 1 saturated heterocycles. The molecule has 0 aromatic heterocycles. The summed E-state index contributed by atoms with van der Waals surface area (Å²) < 4.78 is 11.3. The first kappa shape index (κ1) is 16.6. The third-order valence-electron chi connectivity index (χ3n) is 4.46. The third kappa shape index (κ3) is 3.99. The topological polar surface area (TPSA) is 59.1 Å². The van der Waals surface area contributed by atoms with E-state index in [1.807, 2.05) is 23.1 Å². The van der Waals surface area contributed by atoms with Crippen molar-refractivity contribution >= 4 is 11.8 Å². The van der Waals surface area contributed by atoms with E-state index in [1.165, 1.54) is 0 Å². The van der Waals surface area contributed by atoms with Crippen LogP contribution in [0.4, 0.5) is 0 Å². The van der Waals surface area contributed by atoms with E-state index in [-0.39, 0.29) is 11.8 Å². The van der Waals surface area contributed by atoms with Gasteiger partial charge in [0.1, 0.15) is 0 Å². The molecule has 6 nitrogen and oxygen atoms in total. The van der Waals surface area contributed by atoms with Crippen LogP contribution >= 0.6 is 0 Å². The van der Waals surface area contributed by atoms with E-state index in [0.717, 1.165) is 36.4 Å². The number of carbonyl (C=O) groups excluding carboxylic acids is 2. The zero-order valence-electron chi connectivity index (χ0n) is 14.1. The van der Waals surface area contributed by atoms with Crippen molar-refractivity contribution < 1.29 is 19.1 Å². The molecule has 0 spiro atoms. The van der Waals surface area contributed by atoms with Crippen molar-refractivity contribution in [2.75, 3.05) is 39.4 Å². The van der Waals surface area contributed by atoms with Crippen LogP contribution in [-0.2, 0) is 16.0 Å². The number of ether oxygens (including phenoxy) is 2. The van der Waals surface area contributed by atoms with Gasteiger partial charge < -0.3 is 19.3 Å². The highest BCUT2D eigenvalue weighted by Gasteiger charge is 2.21. The molecule has 2 heterocycles. The van der Waals surface area contributed by atoms with Gasteiger partial charge in [0, 0.05) is 39.5 Å². The highest BCUT2D eigenvalue weighted by molar-refractivity contribution is 5.79. The maximum atomic E-state index is 12.6. The van der Waals surface area contributed by atoms with Crippen molar-refractivity contribution in [2.24, 2.45) is 0 Å². The van der Waals surface area contributed by atoms with Crippen LogP contribution in [0.15, 0.2) is 18.2 Å². The van der Waals surface area contributed by atoms with E-state index in [1.54, 1.807) is 11.8 Å². The van der Waals surface area contributed by atoms with Gasteiger partial charge in [0.2, 0.25) is 11.8 Å². The van der Waals surface area contributed by atoms with Gasteiger partial charge in [-0.2, -0.15) is 0 Å². The van der Waals surface area contributed by atoms with Crippen molar-refractivity contribution in [3.05, 3.63) is 23.8 Å². The molecule has 1 aromatic rings.